The molecule has 1 rings (SSSR count). The highest BCUT2D eigenvalue weighted by Crippen LogP contribution is 2.22. The molecule has 0 aliphatic carbocycles. The van der Waals surface area contributed by atoms with Gasteiger partial charge < -0.3 is 24.6 Å². The normalized spacial score (nSPS) is 13.2. The highest BCUT2D eigenvalue weighted by Gasteiger charge is 2.16. The van der Waals surface area contributed by atoms with E-state index >= 15 is 0 Å². The van der Waals surface area contributed by atoms with Crippen LogP contribution in [0, 0.1) is 13.8 Å². The number of ether oxygens (including phenoxy) is 2. The first kappa shape index (κ1) is 19.4. The molecule has 0 fully saturated rings. The summed E-state index contributed by atoms with van der Waals surface area (Å²) < 4.78 is 15.6. The molecule has 0 aromatic carbocycles. The number of nitrogens with one attached hydrogen (secondary N) is 2. The summed E-state index contributed by atoms with van der Waals surface area (Å²) in [7, 11) is 3.44. The van der Waals surface area contributed by atoms with E-state index in [-0.39, 0.29) is 0 Å². The molecule has 23 heavy (non-hydrogen) atoms. The average Bonchev–Trinajstić information content (AvgIpc) is 2.88. The van der Waals surface area contributed by atoms with Gasteiger partial charge in [0.15, 0.2) is 5.96 Å². The van der Waals surface area contributed by atoms with Crippen LogP contribution >= 0.6 is 0 Å². The highest BCUT2D eigenvalue weighted by molar-refractivity contribution is 5.79. The minimum Gasteiger partial charge on any atom is -0.382 e. The zero-order chi connectivity index (χ0) is 17.1. The lowest BCUT2D eigenvalue weighted by atomic mass is 10.00. The van der Waals surface area contributed by atoms with Crippen molar-refractivity contribution in [2.75, 3.05) is 47.1 Å². The molecule has 0 saturated carbocycles. The third-order valence-electron chi connectivity index (χ3n) is 3.57. The lowest BCUT2D eigenvalue weighted by Crippen LogP contribution is -2.39. The van der Waals surface area contributed by atoms with Gasteiger partial charge in [0.05, 0.1) is 18.9 Å². The summed E-state index contributed by atoms with van der Waals surface area (Å²) in [4.78, 5) is 4.23. The Balaban J connectivity index is 2.24. The molecule has 0 aliphatic rings. The average molecular weight is 326 g/mol. The molecule has 0 saturated heterocycles. The van der Waals surface area contributed by atoms with Gasteiger partial charge in [-0.2, -0.15) is 0 Å². The van der Waals surface area contributed by atoms with E-state index in [4.69, 9.17) is 14.0 Å². The van der Waals surface area contributed by atoms with Crippen molar-refractivity contribution in [1.82, 2.24) is 15.8 Å². The van der Waals surface area contributed by atoms with Gasteiger partial charge in [-0.25, -0.2) is 0 Å². The summed E-state index contributed by atoms with van der Waals surface area (Å²) in [5, 5.41) is 10.6. The van der Waals surface area contributed by atoms with Crippen LogP contribution in [0.2, 0.25) is 0 Å². The summed E-state index contributed by atoms with van der Waals surface area (Å²) in [6.07, 6.45) is 0.920. The molecule has 1 aromatic heterocycles. The minimum atomic E-state index is 0.303. The molecular weight excluding hydrogens is 296 g/mol. The zero-order valence-corrected chi connectivity index (χ0v) is 14.9. The van der Waals surface area contributed by atoms with Gasteiger partial charge >= 0.3 is 0 Å². The summed E-state index contributed by atoms with van der Waals surface area (Å²) >= 11 is 0. The Labute approximate surface area is 138 Å². The minimum absolute atomic E-state index is 0.303. The van der Waals surface area contributed by atoms with Gasteiger partial charge in [0.25, 0.3) is 0 Å². The van der Waals surface area contributed by atoms with Crippen molar-refractivity contribution >= 4 is 5.96 Å². The van der Waals surface area contributed by atoms with Crippen molar-refractivity contribution in [3.8, 4) is 0 Å². The number of nitrogens with zero attached hydrogens (tertiary/aromatic N) is 2. The fraction of sp³-hybridized carbons (Fsp3) is 0.750. The summed E-state index contributed by atoms with van der Waals surface area (Å²) in [5.74, 6) is 1.98. The number of guanidine groups is 1. The van der Waals surface area contributed by atoms with Gasteiger partial charge in [-0.05, 0) is 20.3 Å². The fourth-order valence-corrected chi connectivity index (χ4v) is 2.39. The Bertz CT molecular complexity index is 454. The highest BCUT2D eigenvalue weighted by atomic mass is 16.5. The standard InChI is InChI=1S/C16H30N4O3/c1-12(15-13(2)20-23-14(15)3)11-19-16(17-4)18-7-6-8-22-10-9-21-5/h12H,6-11H2,1-5H3,(H2,17,18,19). The van der Waals surface area contributed by atoms with Crippen LogP contribution in [0.5, 0.6) is 0 Å². The third kappa shape index (κ3) is 7.00. The first-order valence-electron chi connectivity index (χ1n) is 8.04. The van der Waals surface area contributed by atoms with E-state index in [1.54, 1.807) is 14.2 Å². The molecule has 0 amide bonds. The Morgan fingerprint density at radius 1 is 1.26 bits per heavy atom. The quantitative estimate of drug-likeness (QED) is 0.386. The second-order valence-electron chi connectivity index (χ2n) is 5.48. The Morgan fingerprint density at radius 3 is 2.65 bits per heavy atom. The SMILES string of the molecule is CN=C(NCCCOCCOC)NCC(C)c1c(C)noc1C. The molecular formula is C16H30N4O3. The molecule has 7 nitrogen and oxygen atoms in total. The lowest BCUT2D eigenvalue weighted by molar-refractivity contribution is 0.0698. The molecule has 0 spiro atoms. The predicted molar refractivity (Wildman–Crippen MR) is 91.1 cm³/mol. The van der Waals surface area contributed by atoms with E-state index in [1.165, 1.54) is 5.56 Å². The van der Waals surface area contributed by atoms with Crippen LogP contribution in [0.15, 0.2) is 9.52 Å². The van der Waals surface area contributed by atoms with Crippen molar-refractivity contribution in [2.45, 2.75) is 33.1 Å². The zero-order valence-electron chi connectivity index (χ0n) is 14.9. The largest absolute Gasteiger partial charge is 0.382 e. The molecule has 132 valence electrons. The predicted octanol–water partition coefficient (Wildman–Crippen LogP) is 1.61. The maximum Gasteiger partial charge on any atom is 0.190 e. The fourth-order valence-electron chi connectivity index (χ4n) is 2.39. The maximum absolute atomic E-state index is 5.42. The van der Waals surface area contributed by atoms with Crippen LogP contribution < -0.4 is 10.6 Å². The van der Waals surface area contributed by atoms with Crippen LogP contribution in [-0.2, 0) is 9.47 Å². The van der Waals surface area contributed by atoms with Crippen molar-refractivity contribution in [1.29, 1.82) is 0 Å². The number of aromatic nitrogens is 1. The summed E-state index contributed by atoms with van der Waals surface area (Å²) in [5.41, 5.74) is 2.12. The van der Waals surface area contributed by atoms with E-state index in [0.29, 0.717) is 25.7 Å². The first-order chi connectivity index (χ1) is 11.1. The molecule has 1 aromatic rings. The smallest absolute Gasteiger partial charge is 0.190 e. The van der Waals surface area contributed by atoms with Crippen LogP contribution in [0.4, 0.5) is 0 Å². The number of rotatable bonds is 10. The van der Waals surface area contributed by atoms with Crippen LogP contribution in [0.1, 0.15) is 36.3 Å². The van der Waals surface area contributed by atoms with Crippen molar-refractivity contribution in [3.05, 3.63) is 17.0 Å². The van der Waals surface area contributed by atoms with E-state index in [0.717, 1.165) is 36.9 Å². The molecule has 1 unspecified atom stereocenters. The molecule has 0 aliphatic heterocycles. The van der Waals surface area contributed by atoms with Crippen LogP contribution in [0.3, 0.4) is 0 Å². The van der Waals surface area contributed by atoms with Crippen LogP contribution in [0.25, 0.3) is 0 Å². The van der Waals surface area contributed by atoms with E-state index < -0.39 is 0 Å². The van der Waals surface area contributed by atoms with Gasteiger partial charge in [0, 0.05) is 45.3 Å². The second kappa shape index (κ2) is 11.0. The molecule has 1 heterocycles. The molecule has 7 heteroatoms. The van der Waals surface area contributed by atoms with Gasteiger partial charge in [-0.15, -0.1) is 0 Å². The van der Waals surface area contributed by atoms with Crippen molar-refractivity contribution in [3.63, 3.8) is 0 Å². The monoisotopic (exact) mass is 326 g/mol. The number of methoxy groups -OCH3 is 1. The summed E-state index contributed by atoms with van der Waals surface area (Å²) in [6.45, 7) is 9.63. The Kier molecular flexibility index (Phi) is 9.31. The molecule has 1 atom stereocenters. The van der Waals surface area contributed by atoms with Gasteiger partial charge in [0.2, 0.25) is 0 Å². The Hall–Kier alpha value is -1.60. The van der Waals surface area contributed by atoms with E-state index in [1.807, 2.05) is 13.8 Å². The summed E-state index contributed by atoms with van der Waals surface area (Å²) in [6, 6.07) is 0. The number of hydrogen-bond acceptors (Lipinski definition) is 5. The first-order valence-corrected chi connectivity index (χ1v) is 8.04. The van der Waals surface area contributed by atoms with Gasteiger partial charge in [0.1, 0.15) is 5.76 Å². The van der Waals surface area contributed by atoms with E-state index in [9.17, 15) is 0 Å². The molecule has 0 radical (unpaired) electrons. The number of hydrogen-bond donors (Lipinski definition) is 2. The third-order valence-corrected chi connectivity index (χ3v) is 3.57. The van der Waals surface area contributed by atoms with Crippen LogP contribution in [-0.4, -0.2) is 58.2 Å². The number of aryl methyl sites for hydroxylation is 2. The van der Waals surface area contributed by atoms with Gasteiger partial charge in [-0.1, -0.05) is 12.1 Å². The lowest BCUT2D eigenvalue weighted by Gasteiger charge is -2.16. The van der Waals surface area contributed by atoms with Gasteiger partial charge in [-0.3, -0.25) is 4.99 Å². The van der Waals surface area contributed by atoms with Crippen molar-refractivity contribution < 1.29 is 14.0 Å². The molecule has 0 bridgehead atoms. The number of aliphatic imine (C=N–C) groups is 1. The Morgan fingerprint density at radius 2 is 2.04 bits per heavy atom. The van der Waals surface area contributed by atoms with Crippen molar-refractivity contribution in [2.24, 2.45) is 4.99 Å². The van der Waals surface area contributed by atoms with E-state index in [2.05, 4.69) is 27.7 Å². The maximum atomic E-state index is 5.42. The second-order valence-corrected chi connectivity index (χ2v) is 5.48. The molecule has 2 N–H and O–H groups in total. The topological polar surface area (TPSA) is 80.9 Å².